The van der Waals surface area contributed by atoms with Gasteiger partial charge in [-0.3, -0.25) is 4.79 Å². The molecule has 0 bridgehead atoms. The number of carbonyl (C=O) groups is 1. The molecular formula is C10H22N2O3. The highest BCUT2D eigenvalue weighted by Crippen LogP contribution is 2.10. The maximum absolute atomic E-state index is 11.5. The van der Waals surface area contributed by atoms with E-state index in [0.29, 0.717) is 13.0 Å². The number of ether oxygens (including phenoxy) is 1. The third-order valence-corrected chi connectivity index (χ3v) is 1.79. The molecule has 0 heterocycles. The summed E-state index contributed by atoms with van der Waals surface area (Å²) >= 11 is 0. The molecule has 5 heteroatoms. The second kappa shape index (κ2) is 6.76. The van der Waals surface area contributed by atoms with Crippen LogP contribution < -0.4 is 11.2 Å². The number of rotatable bonds is 6. The number of unbranched alkanes of at least 4 members (excludes halogenated alkanes) is 1. The first-order chi connectivity index (χ1) is 6.90. The Morgan fingerprint density at radius 2 is 2.07 bits per heavy atom. The smallest absolute Gasteiger partial charge is 0.325 e. The topological polar surface area (TPSA) is 84.6 Å². The lowest BCUT2D eigenvalue weighted by molar-refractivity contribution is -0.160. The molecule has 0 radical (unpaired) electrons. The summed E-state index contributed by atoms with van der Waals surface area (Å²) in [5, 5.41) is 8.81. The van der Waals surface area contributed by atoms with E-state index in [-0.39, 0.29) is 0 Å². The first kappa shape index (κ1) is 14.3. The van der Waals surface area contributed by atoms with Crippen molar-refractivity contribution in [2.24, 2.45) is 5.73 Å². The van der Waals surface area contributed by atoms with E-state index in [1.165, 1.54) is 0 Å². The van der Waals surface area contributed by atoms with Crippen LogP contribution >= 0.6 is 0 Å². The monoisotopic (exact) mass is 218 g/mol. The minimum absolute atomic E-state index is 0.429. The predicted octanol–water partition coefficient (Wildman–Crippen LogP) is 0.805. The van der Waals surface area contributed by atoms with Crippen LogP contribution in [0.15, 0.2) is 0 Å². The summed E-state index contributed by atoms with van der Waals surface area (Å²) in [4.78, 5) is 11.5. The number of nitrogens with one attached hydrogen (secondary N) is 1. The highest BCUT2D eigenvalue weighted by atomic mass is 16.6. The third kappa shape index (κ3) is 7.30. The van der Waals surface area contributed by atoms with Gasteiger partial charge in [0, 0.05) is 0 Å². The van der Waals surface area contributed by atoms with Gasteiger partial charge in [-0.15, -0.1) is 0 Å². The molecule has 0 rings (SSSR count). The minimum atomic E-state index is -0.657. The molecule has 0 aromatic carbocycles. The van der Waals surface area contributed by atoms with Crippen molar-refractivity contribution < 1.29 is 14.7 Å². The standard InChI is InChI=1S/C10H22N2O3/c1-10(2,3)15-9(13)8(12-14)6-4-5-7-11/h8,12,14H,4-7,11H2,1-3H3/t8-/m0/s1. The Labute approximate surface area is 90.9 Å². The van der Waals surface area contributed by atoms with E-state index in [4.69, 9.17) is 15.7 Å². The molecule has 0 unspecified atom stereocenters. The summed E-state index contributed by atoms with van der Waals surface area (Å²) < 4.78 is 5.13. The zero-order chi connectivity index (χ0) is 11.9. The third-order valence-electron chi connectivity index (χ3n) is 1.79. The van der Waals surface area contributed by atoms with Crippen molar-refractivity contribution in [1.82, 2.24) is 5.48 Å². The van der Waals surface area contributed by atoms with Crippen LogP contribution in [0.4, 0.5) is 0 Å². The van der Waals surface area contributed by atoms with Crippen LogP contribution in [0.3, 0.4) is 0 Å². The summed E-state index contributed by atoms with van der Waals surface area (Å²) in [6.45, 7) is 5.96. The fourth-order valence-electron chi connectivity index (χ4n) is 1.10. The van der Waals surface area contributed by atoms with Gasteiger partial charge in [-0.05, 0) is 46.6 Å². The molecule has 0 saturated heterocycles. The maximum Gasteiger partial charge on any atom is 0.325 e. The van der Waals surface area contributed by atoms with Crippen LogP contribution in [0.2, 0.25) is 0 Å². The molecule has 0 amide bonds. The Kier molecular flexibility index (Phi) is 6.47. The second-order valence-electron chi connectivity index (χ2n) is 4.50. The zero-order valence-corrected chi connectivity index (χ0v) is 9.75. The Bertz CT molecular complexity index is 190. The van der Waals surface area contributed by atoms with E-state index in [1.807, 2.05) is 5.48 Å². The molecule has 0 aliphatic heterocycles. The molecule has 0 aromatic heterocycles. The molecule has 0 aliphatic carbocycles. The van der Waals surface area contributed by atoms with Gasteiger partial charge in [-0.1, -0.05) is 0 Å². The minimum Gasteiger partial charge on any atom is -0.459 e. The number of hydrogen-bond donors (Lipinski definition) is 3. The first-order valence-corrected chi connectivity index (χ1v) is 5.23. The summed E-state index contributed by atoms with van der Waals surface area (Å²) in [6.07, 6.45) is 2.15. The highest BCUT2D eigenvalue weighted by molar-refractivity contribution is 5.75. The van der Waals surface area contributed by atoms with Gasteiger partial charge >= 0.3 is 5.97 Å². The Morgan fingerprint density at radius 1 is 1.47 bits per heavy atom. The fraction of sp³-hybridized carbons (Fsp3) is 0.900. The quantitative estimate of drug-likeness (QED) is 0.349. The fourth-order valence-corrected chi connectivity index (χ4v) is 1.10. The summed E-state index contributed by atoms with van der Waals surface area (Å²) in [5.74, 6) is -0.429. The van der Waals surface area contributed by atoms with E-state index in [0.717, 1.165) is 12.8 Å². The van der Waals surface area contributed by atoms with Gasteiger partial charge < -0.3 is 15.7 Å². The van der Waals surface area contributed by atoms with Crippen molar-refractivity contribution in [2.75, 3.05) is 6.54 Å². The maximum atomic E-state index is 11.5. The van der Waals surface area contributed by atoms with Crippen molar-refractivity contribution in [1.29, 1.82) is 0 Å². The molecule has 0 saturated carbocycles. The average molecular weight is 218 g/mol. The van der Waals surface area contributed by atoms with Crippen molar-refractivity contribution >= 4 is 5.97 Å². The van der Waals surface area contributed by atoms with Gasteiger partial charge in [0.2, 0.25) is 0 Å². The van der Waals surface area contributed by atoms with E-state index >= 15 is 0 Å². The SMILES string of the molecule is CC(C)(C)OC(=O)[C@H](CCCCN)NO. The summed E-state index contributed by atoms with van der Waals surface area (Å²) in [6, 6.07) is -0.657. The van der Waals surface area contributed by atoms with E-state index < -0.39 is 17.6 Å². The molecule has 5 nitrogen and oxygen atoms in total. The van der Waals surface area contributed by atoms with Crippen LogP contribution in [0.1, 0.15) is 40.0 Å². The van der Waals surface area contributed by atoms with Gasteiger partial charge in [-0.25, -0.2) is 0 Å². The Balaban J connectivity index is 3.99. The number of nitrogens with two attached hydrogens (primary N) is 1. The van der Waals surface area contributed by atoms with Crippen LogP contribution in [0.5, 0.6) is 0 Å². The lowest BCUT2D eigenvalue weighted by Crippen LogP contribution is -2.39. The van der Waals surface area contributed by atoms with E-state index in [1.54, 1.807) is 20.8 Å². The van der Waals surface area contributed by atoms with Crippen molar-refractivity contribution in [3.8, 4) is 0 Å². The molecule has 0 aliphatic rings. The number of esters is 1. The van der Waals surface area contributed by atoms with Crippen LogP contribution in [-0.2, 0) is 9.53 Å². The van der Waals surface area contributed by atoms with Crippen molar-refractivity contribution in [3.05, 3.63) is 0 Å². The molecule has 0 fully saturated rings. The molecule has 90 valence electrons. The van der Waals surface area contributed by atoms with Crippen LogP contribution in [0.25, 0.3) is 0 Å². The molecule has 1 atom stereocenters. The molecule has 15 heavy (non-hydrogen) atoms. The Hall–Kier alpha value is -0.650. The average Bonchev–Trinajstić information content (AvgIpc) is 2.09. The van der Waals surface area contributed by atoms with Crippen LogP contribution in [0, 0.1) is 0 Å². The summed E-state index contributed by atoms with van der Waals surface area (Å²) in [5.41, 5.74) is 6.78. The normalized spacial score (nSPS) is 13.7. The molecule has 0 spiro atoms. The summed E-state index contributed by atoms with van der Waals surface area (Å²) in [7, 11) is 0. The van der Waals surface area contributed by atoms with Gasteiger partial charge in [0.05, 0.1) is 0 Å². The number of hydrogen-bond acceptors (Lipinski definition) is 5. The van der Waals surface area contributed by atoms with Crippen molar-refractivity contribution in [2.45, 2.75) is 51.7 Å². The first-order valence-electron chi connectivity index (χ1n) is 5.23. The van der Waals surface area contributed by atoms with E-state index in [9.17, 15) is 4.79 Å². The number of hydroxylamine groups is 1. The lowest BCUT2D eigenvalue weighted by atomic mass is 10.1. The van der Waals surface area contributed by atoms with Gasteiger partial charge in [0.15, 0.2) is 0 Å². The highest BCUT2D eigenvalue weighted by Gasteiger charge is 2.23. The largest absolute Gasteiger partial charge is 0.459 e. The van der Waals surface area contributed by atoms with E-state index in [2.05, 4.69) is 0 Å². The number of carbonyl (C=O) groups excluding carboxylic acids is 1. The second-order valence-corrected chi connectivity index (χ2v) is 4.50. The molecular weight excluding hydrogens is 196 g/mol. The van der Waals surface area contributed by atoms with Gasteiger partial charge in [-0.2, -0.15) is 5.48 Å². The predicted molar refractivity (Wildman–Crippen MR) is 57.5 cm³/mol. The van der Waals surface area contributed by atoms with Crippen molar-refractivity contribution in [3.63, 3.8) is 0 Å². The molecule has 0 aromatic rings. The zero-order valence-electron chi connectivity index (χ0n) is 9.75. The van der Waals surface area contributed by atoms with Gasteiger partial charge in [0.25, 0.3) is 0 Å². The van der Waals surface area contributed by atoms with Gasteiger partial charge in [0.1, 0.15) is 11.6 Å². The molecule has 4 N–H and O–H groups in total. The lowest BCUT2D eigenvalue weighted by Gasteiger charge is -2.23. The van der Waals surface area contributed by atoms with Crippen LogP contribution in [-0.4, -0.2) is 29.4 Å². The Morgan fingerprint density at radius 3 is 2.47 bits per heavy atom.